The summed E-state index contributed by atoms with van der Waals surface area (Å²) in [6, 6.07) is 16.2. The summed E-state index contributed by atoms with van der Waals surface area (Å²) >= 11 is 0. The predicted octanol–water partition coefficient (Wildman–Crippen LogP) is 3.14. The standard InChI is InChI=1S/C23H25N3O4/c1-4-10-19(16-11-6-5-7-12-16)24-21(27)15(2)30-23(29)20-17-13-8-9-14-18(17)22(28)26(3)25-20/h5-9,11-15,19H,4,10H2,1-3H3,(H,24,27). The molecule has 3 rings (SSSR count). The lowest BCUT2D eigenvalue weighted by atomic mass is 10.0. The van der Waals surface area contributed by atoms with Crippen LogP contribution >= 0.6 is 0 Å². The highest BCUT2D eigenvalue weighted by atomic mass is 16.5. The van der Waals surface area contributed by atoms with Crippen LogP contribution in [0.4, 0.5) is 0 Å². The SMILES string of the molecule is CCCC(NC(=O)C(C)OC(=O)c1nn(C)c(=O)c2ccccc12)c1ccccc1. The average molecular weight is 407 g/mol. The second-order valence-electron chi connectivity index (χ2n) is 7.13. The lowest BCUT2D eigenvalue weighted by molar-refractivity contribution is -0.129. The second kappa shape index (κ2) is 9.35. The zero-order valence-corrected chi connectivity index (χ0v) is 17.3. The van der Waals surface area contributed by atoms with Crippen LogP contribution in [0.15, 0.2) is 59.4 Å². The highest BCUT2D eigenvalue weighted by Crippen LogP contribution is 2.19. The van der Waals surface area contributed by atoms with E-state index in [4.69, 9.17) is 4.74 Å². The fourth-order valence-electron chi connectivity index (χ4n) is 3.31. The quantitative estimate of drug-likeness (QED) is 0.608. The van der Waals surface area contributed by atoms with Gasteiger partial charge in [0.25, 0.3) is 11.5 Å². The molecule has 1 aromatic heterocycles. The van der Waals surface area contributed by atoms with Crippen molar-refractivity contribution in [1.82, 2.24) is 15.1 Å². The molecule has 2 atom stereocenters. The van der Waals surface area contributed by atoms with Gasteiger partial charge in [-0.3, -0.25) is 9.59 Å². The van der Waals surface area contributed by atoms with E-state index in [0.29, 0.717) is 10.8 Å². The smallest absolute Gasteiger partial charge is 0.360 e. The molecule has 0 saturated heterocycles. The monoisotopic (exact) mass is 407 g/mol. The van der Waals surface area contributed by atoms with E-state index >= 15 is 0 Å². The van der Waals surface area contributed by atoms with Crippen molar-refractivity contribution in [2.45, 2.75) is 38.8 Å². The largest absolute Gasteiger partial charge is 0.448 e. The molecule has 0 spiro atoms. The van der Waals surface area contributed by atoms with Crippen LogP contribution in [0, 0.1) is 0 Å². The van der Waals surface area contributed by atoms with Crippen LogP contribution in [-0.2, 0) is 16.6 Å². The van der Waals surface area contributed by atoms with E-state index in [-0.39, 0.29) is 23.2 Å². The maximum atomic E-state index is 12.7. The molecule has 0 fully saturated rings. The lowest BCUT2D eigenvalue weighted by Gasteiger charge is -2.21. The molecule has 0 radical (unpaired) electrons. The van der Waals surface area contributed by atoms with E-state index in [9.17, 15) is 14.4 Å². The number of amides is 1. The van der Waals surface area contributed by atoms with Gasteiger partial charge in [0.05, 0.1) is 11.4 Å². The van der Waals surface area contributed by atoms with E-state index in [2.05, 4.69) is 10.4 Å². The van der Waals surface area contributed by atoms with Gasteiger partial charge in [-0.2, -0.15) is 5.10 Å². The number of carbonyl (C=O) groups excluding carboxylic acids is 2. The molecule has 3 aromatic rings. The van der Waals surface area contributed by atoms with E-state index in [0.717, 1.165) is 23.1 Å². The normalized spacial score (nSPS) is 12.9. The maximum absolute atomic E-state index is 12.7. The van der Waals surface area contributed by atoms with Gasteiger partial charge in [0.2, 0.25) is 0 Å². The lowest BCUT2D eigenvalue weighted by Crippen LogP contribution is -2.38. The molecular weight excluding hydrogens is 382 g/mol. The molecule has 30 heavy (non-hydrogen) atoms. The van der Waals surface area contributed by atoms with Crippen molar-refractivity contribution >= 4 is 22.6 Å². The molecule has 1 heterocycles. The number of hydrogen-bond acceptors (Lipinski definition) is 5. The first-order valence-electron chi connectivity index (χ1n) is 9.94. The number of aryl methyl sites for hydroxylation is 1. The summed E-state index contributed by atoms with van der Waals surface area (Å²) in [7, 11) is 1.47. The molecule has 7 heteroatoms. The topological polar surface area (TPSA) is 90.3 Å². The van der Waals surface area contributed by atoms with Gasteiger partial charge >= 0.3 is 5.97 Å². The van der Waals surface area contributed by atoms with Crippen LogP contribution in [0.25, 0.3) is 10.8 Å². The van der Waals surface area contributed by atoms with E-state index < -0.39 is 12.1 Å². The first kappa shape index (κ1) is 21.2. The Morgan fingerprint density at radius 3 is 2.37 bits per heavy atom. The molecule has 0 aliphatic heterocycles. The number of carbonyl (C=O) groups is 2. The highest BCUT2D eigenvalue weighted by molar-refractivity contribution is 6.02. The van der Waals surface area contributed by atoms with Crippen LogP contribution in [0.1, 0.15) is 48.8 Å². The maximum Gasteiger partial charge on any atom is 0.360 e. The molecule has 2 aromatic carbocycles. The van der Waals surface area contributed by atoms with Crippen molar-refractivity contribution in [3.8, 4) is 0 Å². The number of esters is 1. The number of ether oxygens (including phenoxy) is 1. The Bertz CT molecular complexity index is 1110. The number of aromatic nitrogens is 2. The number of fused-ring (bicyclic) bond motifs is 1. The van der Waals surface area contributed by atoms with E-state index in [1.54, 1.807) is 24.3 Å². The number of nitrogens with zero attached hydrogens (tertiary/aromatic N) is 2. The molecule has 7 nitrogen and oxygen atoms in total. The van der Waals surface area contributed by atoms with Gasteiger partial charge in [-0.15, -0.1) is 0 Å². The molecule has 0 bridgehead atoms. The zero-order valence-electron chi connectivity index (χ0n) is 17.3. The summed E-state index contributed by atoms with van der Waals surface area (Å²) in [6.45, 7) is 3.56. The van der Waals surface area contributed by atoms with Crippen LogP contribution in [-0.4, -0.2) is 27.8 Å². The molecule has 2 unspecified atom stereocenters. The number of hydrogen-bond donors (Lipinski definition) is 1. The fraction of sp³-hybridized carbons (Fsp3) is 0.304. The van der Waals surface area contributed by atoms with Gasteiger partial charge in [-0.05, 0) is 25.0 Å². The number of rotatable bonds is 7. The second-order valence-corrected chi connectivity index (χ2v) is 7.13. The van der Waals surface area contributed by atoms with Crippen LogP contribution in [0.3, 0.4) is 0 Å². The fourth-order valence-corrected chi connectivity index (χ4v) is 3.31. The van der Waals surface area contributed by atoms with Gasteiger partial charge < -0.3 is 10.1 Å². The molecular formula is C23H25N3O4. The Hall–Kier alpha value is -3.48. The van der Waals surface area contributed by atoms with Gasteiger partial charge in [0.1, 0.15) is 0 Å². The van der Waals surface area contributed by atoms with Crippen molar-refractivity contribution in [2.75, 3.05) is 0 Å². The first-order valence-corrected chi connectivity index (χ1v) is 9.94. The summed E-state index contributed by atoms with van der Waals surface area (Å²) < 4.78 is 6.48. The summed E-state index contributed by atoms with van der Waals surface area (Å²) in [5.74, 6) is -1.14. The van der Waals surface area contributed by atoms with E-state index in [1.807, 2.05) is 37.3 Å². The van der Waals surface area contributed by atoms with Crippen molar-refractivity contribution in [3.63, 3.8) is 0 Å². The Morgan fingerprint density at radius 2 is 1.70 bits per heavy atom. The summed E-state index contributed by atoms with van der Waals surface area (Å²) in [5.41, 5.74) is 0.690. The summed E-state index contributed by atoms with van der Waals surface area (Å²) in [6.07, 6.45) is 0.643. The zero-order chi connectivity index (χ0) is 21.7. The highest BCUT2D eigenvalue weighted by Gasteiger charge is 2.24. The minimum atomic E-state index is -1.02. The van der Waals surface area contributed by atoms with Crippen LogP contribution < -0.4 is 10.9 Å². The Balaban J connectivity index is 1.77. The van der Waals surface area contributed by atoms with E-state index in [1.165, 1.54) is 14.0 Å². The molecule has 0 saturated carbocycles. The average Bonchev–Trinajstić information content (AvgIpc) is 2.76. The van der Waals surface area contributed by atoms with Crippen LogP contribution in [0.2, 0.25) is 0 Å². The minimum absolute atomic E-state index is 0.000479. The predicted molar refractivity (Wildman–Crippen MR) is 114 cm³/mol. The van der Waals surface area contributed by atoms with Crippen molar-refractivity contribution in [2.24, 2.45) is 7.05 Å². The number of benzene rings is 2. The van der Waals surface area contributed by atoms with Crippen molar-refractivity contribution < 1.29 is 14.3 Å². The van der Waals surface area contributed by atoms with Crippen molar-refractivity contribution in [1.29, 1.82) is 0 Å². The summed E-state index contributed by atoms with van der Waals surface area (Å²) in [4.78, 5) is 37.7. The Morgan fingerprint density at radius 1 is 1.07 bits per heavy atom. The molecule has 156 valence electrons. The minimum Gasteiger partial charge on any atom is -0.448 e. The third-order valence-corrected chi connectivity index (χ3v) is 4.90. The van der Waals surface area contributed by atoms with Gasteiger partial charge in [0.15, 0.2) is 11.8 Å². The third-order valence-electron chi connectivity index (χ3n) is 4.90. The Kier molecular flexibility index (Phi) is 6.61. The molecule has 0 aliphatic rings. The van der Waals surface area contributed by atoms with Gasteiger partial charge in [-0.1, -0.05) is 61.9 Å². The number of nitrogens with one attached hydrogen (secondary N) is 1. The van der Waals surface area contributed by atoms with Gasteiger partial charge in [-0.25, -0.2) is 9.48 Å². The molecule has 1 N–H and O–H groups in total. The van der Waals surface area contributed by atoms with Crippen LogP contribution in [0.5, 0.6) is 0 Å². The first-order chi connectivity index (χ1) is 14.4. The molecule has 0 aliphatic carbocycles. The molecule has 1 amide bonds. The van der Waals surface area contributed by atoms with Gasteiger partial charge in [0, 0.05) is 12.4 Å². The third kappa shape index (κ3) is 4.56. The Labute approximate surface area is 174 Å². The summed E-state index contributed by atoms with van der Waals surface area (Å²) in [5, 5.41) is 7.77. The van der Waals surface area contributed by atoms with Crippen molar-refractivity contribution in [3.05, 3.63) is 76.2 Å².